The molecule has 1 fully saturated rings. The highest BCUT2D eigenvalue weighted by Crippen LogP contribution is 2.34. The van der Waals surface area contributed by atoms with E-state index in [0.717, 1.165) is 0 Å². The lowest BCUT2D eigenvalue weighted by molar-refractivity contribution is -0.119. The molecule has 1 unspecified atom stereocenters. The van der Waals surface area contributed by atoms with Crippen molar-refractivity contribution < 1.29 is 27.8 Å². The largest absolute Gasteiger partial charge is 0.508 e. The Morgan fingerprint density at radius 3 is 2.47 bits per heavy atom. The van der Waals surface area contributed by atoms with Crippen LogP contribution in [0.2, 0.25) is 0 Å². The Balaban J connectivity index is 1.88. The van der Waals surface area contributed by atoms with Crippen LogP contribution in [-0.4, -0.2) is 50.5 Å². The number of anilines is 1. The number of carbonyl (C=O) groups excluding carboxylic acids is 1. The third kappa shape index (κ3) is 4.54. The molecular weight excluding hydrogens is 432 g/mol. The molecule has 0 saturated carbocycles. The number of methoxy groups -OCH3 is 2. The molecule has 1 aliphatic rings. The summed E-state index contributed by atoms with van der Waals surface area (Å²) >= 11 is 0. The van der Waals surface area contributed by atoms with E-state index < -0.39 is 22.0 Å². The van der Waals surface area contributed by atoms with Gasteiger partial charge in [-0.2, -0.15) is 4.31 Å². The van der Waals surface area contributed by atoms with E-state index in [-0.39, 0.29) is 23.1 Å². The molecule has 0 spiro atoms. The number of benzene rings is 2. The summed E-state index contributed by atoms with van der Waals surface area (Å²) in [5.41, 5.74) is 1.98. The molecule has 1 saturated heterocycles. The second kappa shape index (κ2) is 9.38. The van der Waals surface area contributed by atoms with E-state index in [9.17, 15) is 18.3 Å². The molecule has 1 heterocycles. The second-order valence-electron chi connectivity index (χ2n) is 8.16. The van der Waals surface area contributed by atoms with Crippen molar-refractivity contribution in [3.8, 4) is 17.2 Å². The number of amides is 1. The number of nitrogens with zero attached hydrogens (tertiary/aromatic N) is 1. The highest BCUT2D eigenvalue weighted by atomic mass is 32.2. The van der Waals surface area contributed by atoms with E-state index in [1.807, 2.05) is 13.8 Å². The molecule has 0 aromatic heterocycles. The lowest BCUT2D eigenvalue weighted by atomic mass is 9.99. The first-order chi connectivity index (χ1) is 15.1. The minimum absolute atomic E-state index is 0.0396. The molecular formula is C23H30N2O6S. The van der Waals surface area contributed by atoms with Crippen LogP contribution in [0.5, 0.6) is 17.2 Å². The lowest BCUT2D eigenvalue weighted by Crippen LogP contribution is -2.43. The maximum absolute atomic E-state index is 13.3. The molecule has 32 heavy (non-hydrogen) atoms. The normalized spacial score (nSPS) is 16.9. The zero-order valence-corrected chi connectivity index (χ0v) is 19.8. The van der Waals surface area contributed by atoms with Gasteiger partial charge in [-0.1, -0.05) is 13.8 Å². The molecule has 2 N–H and O–H groups in total. The van der Waals surface area contributed by atoms with Gasteiger partial charge in [-0.25, -0.2) is 8.42 Å². The van der Waals surface area contributed by atoms with Gasteiger partial charge < -0.3 is 19.9 Å². The predicted molar refractivity (Wildman–Crippen MR) is 122 cm³/mol. The maximum Gasteiger partial charge on any atom is 0.243 e. The van der Waals surface area contributed by atoms with E-state index in [2.05, 4.69) is 5.32 Å². The Morgan fingerprint density at radius 1 is 1.16 bits per heavy atom. The highest BCUT2D eigenvalue weighted by Gasteiger charge is 2.40. The Bertz CT molecular complexity index is 1110. The average Bonchev–Trinajstić information content (AvgIpc) is 3.25. The summed E-state index contributed by atoms with van der Waals surface area (Å²) in [4.78, 5) is 13.2. The van der Waals surface area contributed by atoms with Crippen molar-refractivity contribution in [1.29, 1.82) is 0 Å². The van der Waals surface area contributed by atoms with Crippen LogP contribution in [0.1, 0.15) is 43.7 Å². The van der Waals surface area contributed by atoms with Gasteiger partial charge >= 0.3 is 0 Å². The zero-order chi connectivity index (χ0) is 23.6. The van der Waals surface area contributed by atoms with Crippen LogP contribution >= 0.6 is 0 Å². The van der Waals surface area contributed by atoms with Crippen molar-refractivity contribution in [3.63, 3.8) is 0 Å². The number of rotatable bonds is 7. The first-order valence-electron chi connectivity index (χ1n) is 10.5. The van der Waals surface area contributed by atoms with E-state index in [4.69, 9.17) is 9.47 Å². The van der Waals surface area contributed by atoms with Crippen LogP contribution in [0, 0.1) is 6.92 Å². The third-order valence-electron chi connectivity index (χ3n) is 5.72. The summed E-state index contributed by atoms with van der Waals surface area (Å²) in [5.74, 6) is 0.573. The van der Waals surface area contributed by atoms with Crippen molar-refractivity contribution in [2.24, 2.45) is 0 Å². The first-order valence-corrected chi connectivity index (χ1v) is 11.9. The Hall–Kier alpha value is -2.78. The van der Waals surface area contributed by atoms with Gasteiger partial charge in [0.1, 0.15) is 11.8 Å². The number of ether oxygens (including phenoxy) is 2. The number of phenolic OH excluding ortho intramolecular Hbond substituents is 1. The lowest BCUT2D eigenvalue weighted by Gasteiger charge is -2.24. The molecule has 1 amide bonds. The van der Waals surface area contributed by atoms with Gasteiger partial charge in [0.25, 0.3) is 0 Å². The molecule has 2 aromatic carbocycles. The summed E-state index contributed by atoms with van der Waals surface area (Å²) in [6.45, 7) is 5.93. The molecule has 0 aliphatic carbocycles. The number of aromatic hydroxyl groups is 1. The van der Waals surface area contributed by atoms with Gasteiger partial charge in [0.05, 0.1) is 19.1 Å². The summed E-state index contributed by atoms with van der Waals surface area (Å²) in [6, 6.07) is 6.91. The van der Waals surface area contributed by atoms with Crippen LogP contribution in [-0.2, 0) is 14.8 Å². The summed E-state index contributed by atoms with van der Waals surface area (Å²) in [7, 11) is -1.01. The quantitative estimate of drug-likeness (QED) is 0.609. The fraction of sp³-hybridized carbons (Fsp3) is 0.435. The monoisotopic (exact) mass is 462 g/mol. The molecule has 174 valence electrons. The third-order valence-corrected chi connectivity index (χ3v) is 7.63. The van der Waals surface area contributed by atoms with Crippen molar-refractivity contribution in [3.05, 3.63) is 41.5 Å². The van der Waals surface area contributed by atoms with Crippen molar-refractivity contribution in [1.82, 2.24) is 4.31 Å². The van der Waals surface area contributed by atoms with Gasteiger partial charge in [-0.3, -0.25) is 4.79 Å². The fourth-order valence-electron chi connectivity index (χ4n) is 3.92. The summed E-state index contributed by atoms with van der Waals surface area (Å²) < 4.78 is 38.3. The van der Waals surface area contributed by atoms with E-state index >= 15 is 0 Å². The highest BCUT2D eigenvalue weighted by molar-refractivity contribution is 7.89. The van der Waals surface area contributed by atoms with Gasteiger partial charge in [-0.15, -0.1) is 0 Å². The Kier molecular flexibility index (Phi) is 7.00. The zero-order valence-electron chi connectivity index (χ0n) is 19.0. The summed E-state index contributed by atoms with van der Waals surface area (Å²) in [6.07, 6.45) is 1.00. The standard InChI is InChI=1S/C23H30N2O6S/c1-14(2)17-13-18(15(3)11-20(17)26)24-23(27)19-7-6-10-25(19)32(28,29)16-8-9-21(30-4)22(12-16)31-5/h8-9,11-14,19,26H,6-7,10H2,1-5H3,(H,24,27). The number of nitrogens with one attached hydrogen (secondary N) is 1. The summed E-state index contributed by atoms with van der Waals surface area (Å²) in [5, 5.41) is 13.0. The number of carbonyl (C=O) groups is 1. The second-order valence-corrected chi connectivity index (χ2v) is 10.1. The van der Waals surface area contributed by atoms with Gasteiger partial charge in [0.2, 0.25) is 15.9 Å². The Labute approximate surface area is 189 Å². The number of aryl methyl sites for hydroxylation is 1. The van der Waals surface area contributed by atoms with Gasteiger partial charge in [0.15, 0.2) is 11.5 Å². The van der Waals surface area contributed by atoms with Gasteiger partial charge in [-0.05, 0) is 61.1 Å². The number of hydrogen-bond donors (Lipinski definition) is 2. The van der Waals surface area contributed by atoms with Crippen LogP contribution in [0.25, 0.3) is 0 Å². The number of phenols is 1. The number of hydrogen-bond acceptors (Lipinski definition) is 6. The van der Waals surface area contributed by atoms with Crippen molar-refractivity contribution >= 4 is 21.6 Å². The maximum atomic E-state index is 13.3. The SMILES string of the molecule is COc1ccc(S(=O)(=O)N2CCCC2C(=O)Nc2cc(C(C)C)c(O)cc2C)cc1OC. The molecule has 0 bridgehead atoms. The minimum atomic E-state index is -3.92. The predicted octanol–water partition coefficient (Wildman–Crippen LogP) is 3.63. The van der Waals surface area contributed by atoms with Crippen molar-refractivity contribution in [2.75, 3.05) is 26.1 Å². The molecule has 0 radical (unpaired) electrons. The molecule has 9 heteroatoms. The molecule has 1 atom stereocenters. The van der Waals surface area contributed by atoms with Crippen LogP contribution < -0.4 is 14.8 Å². The fourth-order valence-corrected chi connectivity index (χ4v) is 5.60. The molecule has 8 nitrogen and oxygen atoms in total. The molecule has 3 rings (SSSR count). The molecule has 1 aliphatic heterocycles. The molecule has 2 aromatic rings. The van der Waals surface area contributed by atoms with E-state index in [1.165, 1.54) is 36.7 Å². The topological polar surface area (TPSA) is 105 Å². The minimum Gasteiger partial charge on any atom is -0.508 e. The van der Waals surface area contributed by atoms with E-state index in [0.29, 0.717) is 41.2 Å². The Morgan fingerprint density at radius 2 is 1.84 bits per heavy atom. The smallest absolute Gasteiger partial charge is 0.243 e. The van der Waals surface area contributed by atoms with Crippen LogP contribution in [0.15, 0.2) is 35.2 Å². The van der Waals surface area contributed by atoms with Crippen LogP contribution in [0.3, 0.4) is 0 Å². The average molecular weight is 463 g/mol. The van der Waals surface area contributed by atoms with Crippen LogP contribution in [0.4, 0.5) is 5.69 Å². The van der Waals surface area contributed by atoms with E-state index in [1.54, 1.807) is 19.1 Å². The van der Waals surface area contributed by atoms with Gasteiger partial charge in [0, 0.05) is 18.3 Å². The number of sulfonamides is 1. The van der Waals surface area contributed by atoms with Crippen molar-refractivity contribution in [2.45, 2.75) is 50.5 Å². The first kappa shape index (κ1) is 23.9.